The van der Waals surface area contributed by atoms with Crippen LogP contribution in [0.4, 0.5) is 0 Å². The van der Waals surface area contributed by atoms with Crippen molar-refractivity contribution in [2.24, 2.45) is 0 Å². The number of ether oxygens (including phenoxy) is 1. The molecule has 3 heteroatoms. The summed E-state index contributed by atoms with van der Waals surface area (Å²) >= 11 is -0.941. The van der Waals surface area contributed by atoms with Crippen LogP contribution in [0.1, 0.15) is 502 Å². The largest absolute Gasteiger partial charge is 0.0558 e. The number of carbonyl (C=O) groups excluding carboxylic acids is 1. The molecule has 1 atom stereocenters. The molecule has 12 aromatic rings. The Bertz CT molecular complexity index is 5580. The first-order valence-electron chi connectivity index (χ1n) is 55.0. The summed E-state index contributed by atoms with van der Waals surface area (Å²) in [5, 5.41) is 0. The number of allylic oxidation sites excluding steroid dienone is 1. The van der Waals surface area contributed by atoms with Crippen LogP contribution in [0.2, 0.25) is 3.43 Å². The molecule has 7 aliphatic rings. The third kappa shape index (κ3) is 19.8. The number of aryl methyl sites for hydroxylation is 24. The van der Waals surface area contributed by atoms with Crippen LogP contribution in [0, 0.1) is 166 Å². The first-order valence-corrected chi connectivity index (χ1v) is 62.0. The third-order valence-corrected chi connectivity index (χ3v) is 45.2. The van der Waals surface area contributed by atoms with Crippen LogP contribution in [-0.4, -0.2) is 10.1 Å². The smallest absolute Gasteiger partial charge is 0.00948 e. The minimum atomic E-state index is -0.941. The molecule has 0 aliphatic heterocycles. The Morgan fingerprint density at radius 2 is 0.326 bits per heavy atom. The number of esters is 1. The Labute approximate surface area is 865 Å². The molecule has 0 N–H and O–H groups in total. The average Bonchev–Trinajstić information content (AvgIpc) is 0.747. The van der Waals surface area contributed by atoms with Crippen molar-refractivity contribution in [1.29, 1.82) is 0 Å². The monoisotopic (exact) mass is 2060 g/mol. The summed E-state index contributed by atoms with van der Waals surface area (Å²) in [5.74, 6) is 1.78. The van der Waals surface area contributed by atoms with Gasteiger partial charge in [-0.15, -0.1) is 0 Å². The van der Waals surface area contributed by atoms with Crippen LogP contribution in [0.15, 0.2) is 157 Å². The van der Waals surface area contributed by atoms with Crippen LogP contribution >= 0.6 is 0 Å². The molecular formula is C138H168HgO2. The molecule has 1 unspecified atom stereocenters. The SMILES string of the molecule is C.CC[CH](C)[Hg][CH2]OC(=O)C(C)=C(C)C.Cc1cc(C)c2cc1C1CCCC3c4cc(c(C)cc4C)C4CCCC5c6cc(c(C)cc6C)C6CCCC2c2cc(c(C)cc2C)[C@H]2CCC[C@@H](c7cc1c(C)cc7C)c1cc(c(C)cc1C)[C@H](CCC[C@@H](c1cc4c(C)cc1C)c1cc(c(C)cc1C)[C@H](CCC[C@@H](c1cc6c(C)cc1C)c1cc2c(C)cc1C)c1cc5c(C)cc1C)c1cc3c(C)cc1C. The second-order valence-corrected chi connectivity index (χ2v) is 56.3. The van der Waals surface area contributed by atoms with E-state index in [1.54, 1.807) is 0 Å². The molecule has 0 saturated carbocycles. The summed E-state index contributed by atoms with van der Waals surface area (Å²) in [6.07, 6.45) is 20.3. The molecular weight excluding hydrogens is 1890 g/mol. The van der Waals surface area contributed by atoms with E-state index in [-0.39, 0.29) is 84.4 Å². The summed E-state index contributed by atoms with van der Waals surface area (Å²) in [4.78, 5) is 11.4. The van der Waals surface area contributed by atoms with Gasteiger partial charge in [-0.05, 0) is 510 Å². The molecule has 2 nitrogen and oxygen atoms in total. The van der Waals surface area contributed by atoms with Gasteiger partial charge in [-0.1, -0.05) is 192 Å². The standard InChI is InChI=1S/C126H144.C7H11O2.C4H9.CH4.Hg/c1-67-43-68(2)104-55-103(67)91-31-25-32-93-105-56-107(71(5)44-69(105)3)96-37-28-38-99-112-59-110(74(8)47-76(112)10)98(120-63-119(93)83(17)51-84(120)18)39-29-40-101-113-60-114(78(12)48-77(113)11)102(126-66-125(99)89(23)54-90(126)24)42-30-41-100-111-58-109(73(7)46-75(111)9)97(123-65-124(101)88(22)53-87(123)21)36-27-35-94(116-61-115(91)79(13)49-80(116)14)106-57-108(72(6)45-70(106)4)95(121-64-122(100)86(20)52-85(121)19)34-26-33-92(104)117-62-118(96)82(16)50-81(117)15;1-5(2)6(3)7(8)9-4;1-3-4-2;;/h43-66,91-102H,25-42H2,1-24H3;4H2,1-3H3;3H,4H2,1-2H3;1H4;/t91-,92?,93+,94+,95?,96?,97-,98-,99?,100?,101+,102?;;;;. The number of fused-ring (bicyclic) bond motifs is 24. The maximum absolute atomic E-state index is 11.4. The molecule has 12 aromatic carbocycles. The van der Waals surface area contributed by atoms with E-state index in [1.807, 2.05) is 20.8 Å². The predicted octanol–water partition coefficient (Wildman–Crippen LogP) is 37.9. The van der Waals surface area contributed by atoms with Crippen molar-refractivity contribution < 1.29 is 34.1 Å². The van der Waals surface area contributed by atoms with Crippen molar-refractivity contribution in [3.63, 3.8) is 0 Å². The zero-order valence-electron chi connectivity index (χ0n) is 91.5. The maximum Gasteiger partial charge on any atom is 0.00948 e. The second kappa shape index (κ2) is 42.1. The molecule has 0 aromatic heterocycles. The Kier molecular flexibility index (Phi) is 30.8. The minimum absolute atomic E-state index is 0. The zero-order chi connectivity index (χ0) is 99.5. The van der Waals surface area contributed by atoms with E-state index in [4.69, 9.17) is 4.74 Å². The number of hydrogen-bond donors (Lipinski definition) is 0. The van der Waals surface area contributed by atoms with Crippen LogP contribution in [0.5, 0.6) is 0 Å². The number of carbonyl (C=O) groups is 1. The van der Waals surface area contributed by atoms with Crippen molar-refractivity contribution in [3.05, 3.63) is 424 Å². The summed E-state index contributed by atoms with van der Waals surface area (Å²) < 4.78 is 6.86. The molecule has 0 spiro atoms. The maximum atomic E-state index is 11.4. The van der Waals surface area contributed by atoms with E-state index in [1.165, 1.54) is 273 Å². The molecule has 141 heavy (non-hydrogen) atoms. The van der Waals surface area contributed by atoms with Gasteiger partial charge >= 0.3 is 99.8 Å². The van der Waals surface area contributed by atoms with Gasteiger partial charge < -0.3 is 0 Å². The third-order valence-electron chi connectivity index (χ3n) is 37.4. The molecule has 734 valence electrons. The first kappa shape index (κ1) is 103. The van der Waals surface area contributed by atoms with E-state index in [9.17, 15) is 4.79 Å². The fraction of sp³-hybridized carbons (Fsp3) is 0.457. The fourth-order valence-electron chi connectivity index (χ4n) is 29.4. The van der Waals surface area contributed by atoms with Crippen LogP contribution in [0.25, 0.3) is 0 Å². The molecule has 0 fully saturated rings. The van der Waals surface area contributed by atoms with E-state index in [0.717, 1.165) is 134 Å². The topological polar surface area (TPSA) is 26.3 Å². The minimum Gasteiger partial charge on any atom is -0.0558 e. The molecule has 7 aliphatic carbocycles. The average molecular weight is 2060 g/mol. The number of hydrogen-bond acceptors (Lipinski definition) is 2. The van der Waals surface area contributed by atoms with Crippen molar-refractivity contribution in [3.8, 4) is 0 Å². The van der Waals surface area contributed by atoms with Gasteiger partial charge in [-0.3, -0.25) is 0 Å². The van der Waals surface area contributed by atoms with Crippen molar-refractivity contribution >= 4 is 5.97 Å². The van der Waals surface area contributed by atoms with Gasteiger partial charge in [0, 0.05) is 71.0 Å². The van der Waals surface area contributed by atoms with E-state index in [2.05, 4.69) is 326 Å². The second-order valence-electron chi connectivity index (χ2n) is 47.1. The van der Waals surface area contributed by atoms with Gasteiger partial charge in [-0.25, -0.2) is 0 Å². The van der Waals surface area contributed by atoms with Gasteiger partial charge in [0.05, 0.1) is 0 Å². The molecule has 0 heterocycles. The van der Waals surface area contributed by atoms with E-state index >= 15 is 0 Å². The summed E-state index contributed by atoms with van der Waals surface area (Å²) in [7, 11) is 0. The van der Waals surface area contributed by atoms with Crippen LogP contribution < -0.4 is 0 Å². The Morgan fingerprint density at radius 3 is 0.418 bits per heavy atom. The van der Waals surface area contributed by atoms with E-state index in [0.29, 0.717) is 0 Å². The molecule has 0 radical (unpaired) electrons. The van der Waals surface area contributed by atoms with Crippen molar-refractivity contribution in [1.82, 2.24) is 0 Å². The Morgan fingerprint density at radius 1 is 0.220 bits per heavy atom. The van der Waals surface area contributed by atoms with Crippen LogP contribution in [0.3, 0.4) is 0 Å². The Balaban J connectivity index is 0.000000846. The van der Waals surface area contributed by atoms with Gasteiger partial charge in [-0.2, -0.15) is 0 Å². The number of rotatable bonds is 5. The summed E-state index contributed by atoms with van der Waals surface area (Å²) in [6, 6.07) is 66.5. The molecule has 36 bridgehead atoms. The quantitative estimate of drug-likeness (QED) is 0.0975. The first-order chi connectivity index (χ1) is 66.8. The normalized spacial score (nSPS) is 21.4. The van der Waals surface area contributed by atoms with Gasteiger partial charge in [0.1, 0.15) is 0 Å². The fourth-order valence-corrected chi connectivity index (χ4v) is 33.7. The predicted molar refractivity (Wildman–Crippen MR) is 598 cm³/mol. The Hall–Kier alpha value is -9.21. The molecule has 0 amide bonds. The zero-order valence-corrected chi connectivity index (χ0v) is 97.0. The van der Waals surface area contributed by atoms with Gasteiger partial charge in [0.2, 0.25) is 0 Å². The molecule has 0 saturated heterocycles. The summed E-state index contributed by atoms with van der Waals surface area (Å²) in [5.41, 5.74) is 73.1. The molecule has 19 rings (SSSR count). The van der Waals surface area contributed by atoms with Gasteiger partial charge in [0.25, 0.3) is 0 Å². The van der Waals surface area contributed by atoms with Gasteiger partial charge in [0.15, 0.2) is 0 Å². The number of benzene rings is 12. The summed E-state index contributed by atoms with van der Waals surface area (Å²) in [6.45, 7) is 70.3. The van der Waals surface area contributed by atoms with E-state index < -0.39 is 24.6 Å². The van der Waals surface area contributed by atoms with Crippen molar-refractivity contribution in [2.45, 2.75) is 405 Å². The van der Waals surface area contributed by atoms with Crippen molar-refractivity contribution in [2.75, 3.05) is 4.12 Å². The van der Waals surface area contributed by atoms with Crippen LogP contribution in [-0.2, 0) is 34.1 Å².